The lowest BCUT2D eigenvalue weighted by Crippen LogP contribution is -2.22. The zero-order valence-corrected chi connectivity index (χ0v) is 13.9. The van der Waals surface area contributed by atoms with Crippen LogP contribution in [0.4, 0.5) is 14.5 Å². The first-order chi connectivity index (χ1) is 12.5. The second-order valence-corrected chi connectivity index (χ2v) is 5.11. The number of hydrogen-bond donors (Lipinski definition) is 1. The molecule has 2 aromatic carbocycles. The van der Waals surface area contributed by atoms with Gasteiger partial charge < -0.3 is 19.5 Å². The van der Waals surface area contributed by atoms with Gasteiger partial charge in [0.15, 0.2) is 6.61 Å². The Morgan fingerprint density at radius 2 is 1.88 bits per heavy atom. The number of esters is 1. The largest absolute Gasteiger partial charge is 0.497 e. The Kier molecular flexibility index (Phi) is 6.90. The average molecular weight is 365 g/mol. The third-order valence-corrected chi connectivity index (χ3v) is 3.22. The monoisotopic (exact) mass is 365 g/mol. The topological polar surface area (TPSA) is 73.9 Å². The van der Waals surface area contributed by atoms with Crippen LogP contribution in [-0.2, 0) is 20.7 Å². The van der Waals surface area contributed by atoms with Crippen molar-refractivity contribution in [3.8, 4) is 11.5 Å². The Hall–Kier alpha value is -3.16. The molecule has 0 aliphatic heterocycles. The number of para-hydroxylation sites is 2. The second-order valence-electron chi connectivity index (χ2n) is 5.11. The van der Waals surface area contributed by atoms with Crippen molar-refractivity contribution in [2.24, 2.45) is 0 Å². The zero-order valence-electron chi connectivity index (χ0n) is 13.9. The van der Waals surface area contributed by atoms with Gasteiger partial charge in [-0.05, 0) is 29.8 Å². The zero-order chi connectivity index (χ0) is 18.9. The number of carbonyl (C=O) groups excluding carboxylic acids is 2. The smallest absolute Gasteiger partial charge is 0.387 e. The fourth-order valence-electron chi connectivity index (χ4n) is 2.10. The maximum Gasteiger partial charge on any atom is 0.387 e. The highest BCUT2D eigenvalue weighted by Crippen LogP contribution is 2.25. The van der Waals surface area contributed by atoms with Crippen LogP contribution < -0.4 is 14.8 Å². The van der Waals surface area contributed by atoms with Crippen molar-refractivity contribution in [2.75, 3.05) is 19.0 Å². The maximum atomic E-state index is 12.3. The van der Waals surface area contributed by atoms with E-state index in [0.717, 1.165) is 0 Å². The first kappa shape index (κ1) is 19.2. The minimum atomic E-state index is -3.02. The summed E-state index contributed by atoms with van der Waals surface area (Å²) in [6, 6.07) is 12.6. The first-order valence-electron chi connectivity index (χ1n) is 7.60. The number of carbonyl (C=O) groups is 2. The van der Waals surface area contributed by atoms with E-state index in [9.17, 15) is 18.4 Å². The van der Waals surface area contributed by atoms with Gasteiger partial charge >= 0.3 is 12.6 Å². The molecule has 0 radical (unpaired) electrons. The van der Waals surface area contributed by atoms with E-state index < -0.39 is 25.1 Å². The second kappa shape index (κ2) is 9.36. The molecule has 0 aliphatic rings. The van der Waals surface area contributed by atoms with Gasteiger partial charge in [-0.2, -0.15) is 8.78 Å². The highest BCUT2D eigenvalue weighted by Gasteiger charge is 2.13. The van der Waals surface area contributed by atoms with E-state index in [1.807, 2.05) is 0 Å². The van der Waals surface area contributed by atoms with Gasteiger partial charge in [0.2, 0.25) is 0 Å². The van der Waals surface area contributed by atoms with E-state index in [1.165, 1.54) is 25.3 Å². The Morgan fingerprint density at radius 3 is 2.62 bits per heavy atom. The van der Waals surface area contributed by atoms with E-state index >= 15 is 0 Å². The van der Waals surface area contributed by atoms with Crippen LogP contribution in [0.1, 0.15) is 5.56 Å². The van der Waals surface area contributed by atoms with Crippen LogP contribution in [0, 0.1) is 0 Å². The number of alkyl halides is 2. The fourth-order valence-corrected chi connectivity index (χ4v) is 2.10. The van der Waals surface area contributed by atoms with E-state index in [1.54, 1.807) is 30.3 Å². The number of nitrogens with one attached hydrogen (secondary N) is 1. The van der Waals surface area contributed by atoms with Gasteiger partial charge in [-0.15, -0.1) is 0 Å². The van der Waals surface area contributed by atoms with Crippen molar-refractivity contribution in [3.63, 3.8) is 0 Å². The van der Waals surface area contributed by atoms with Crippen molar-refractivity contribution < 1.29 is 32.6 Å². The van der Waals surface area contributed by atoms with Gasteiger partial charge in [-0.3, -0.25) is 9.59 Å². The number of benzene rings is 2. The Bertz CT molecular complexity index is 767. The summed E-state index contributed by atoms with van der Waals surface area (Å²) in [5.41, 5.74) is 0.729. The van der Waals surface area contributed by atoms with Gasteiger partial charge in [0.05, 0.1) is 19.2 Å². The molecule has 0 saturated carbocycles. The van der Waals surface area contributed by atoms with E-state index in [0.29, 0.717) is 11.3 Å². The van der Waals surface area contributed by atoms with Crippen molar-refractivity contribution in [2.45, 2.75) is 13.0 Å². The Balaban J connectivity index is 1.86. The van der Waals surface area contributed by atoms with Crippen molar-refractivity contribution >= 4 is 17.6 Å². The SMILES string of the molecule is COc1cccc(CC(=O)OCC(=O)Nc2ccccc2OC(F)F)c1. The number of rotatable bonds is 8. The lowest BCUT2D eigenvalue weighted by Gasteiger charge is -2.11. The van der Waals surface area contributed by atoms with Crippen LogP contribution in [0.2, 0.25) is 0 Å². The molecular weight excluding hydrogens is 348 g/mol. The lowest BCUT2D eigenvalue weighted by molar-refractivity contribution is -0.146. The van der Waals surface area contributed by atoms with Crippen LogP contribution in [0.5, 0.6) is 11.5 Å². The van der Waals surface area contributed by atoms with E-state index in [4.69, 9.17) is 9.47 Å². The molecule has 0 fully saturated rings. The maximum absolute atomic E-state index is 12.3. The van der Waals surface area contributed by atoms with Crippen molar-refractivity contribution in [1.82, 2.24) is 0 Å². The van der Waals surface area contributed by atoms with Crippen LogP contribution in [0.3, 0.4) is 0 Å². The normalized spacial score (nSPS) is 10.3. The molecule has 138 valence electrons. The molecular formula is C18H17F2NO5. The third-order valence-electron chi connectivity index (χ3n) is 3.22. The molecule has 0 atom stereocenters. The van der Waals surface area contributed by atoms with Crippen LogP contribution >= 0.6 is 0 Å². The van der Waals surface area contributed by atoms with Gasteiger partial charge in [0, 0.05) is 0 Å². The third kappa shape index (κ3) is 6.04. The Labute approximate surface area is 148 Å². The summed E-state index contributed by atoms with van der Waals surface area (Å²) in [6.07, 6.45) is -0.0322. The molecule has 2 rings (SSSR count). The molecule has 2 aromatic rings. The van der Waals surface area contributed by atoms with Gasteiger partial charge in [0.1, 0.15) is 11.5 Å². The van der Waals surface area contributed by atoms with Crippen molar-refractivity contribution in [1.29, 1.82) is 0 Å². The molecule has 6 nitrogen and oxygen atoms in total. The molecule has 0 spiro atoms. The van der Waals surface area contributed by atoms with Crippen LogP contribution in [-0.4, -0.2) is 32.2 Å². The predicted molar refractivity (Wildman–Crippen MR) is 89.4 cm³/mol. The molecule has 26 heavy (non-hydrogen) atoms. The van der Waals surface area contributed by atoms with Crippen molar-refractivity contribution in [3.05, 3.63) is 54.1 Å². The average Bonchev–Trinajstić information content (AvgIpc) is 2.61. The minimum absolute atomic E-state index is 0.0322. The summed E-state index contributed by atoms with van der Waals surface area (Å²) in [6.45, 7) is -3.57. The first-order valence-corrected chi connectivity index (χ1v) is 7.60. The molecule has 1 amide bonds. The quantitative estimate of drug-likeness (QED) is 0.728. The number of amides is 1. The van der Waals surface area contributed by atoms with Gasteiger partial charge in [-0.1, -0.05) is 24.3 Å². The van der Waals surface area contributed by atoms with Gasteiger partial charge in [0.25, 0.3) is 5.91 Å². The van der Waals surface area contributed by atoms with Gasteiger partial charge in [-0.25, -0.2) is 0 Å². The highest BCUT2D eigenvalue weighted by atomic mass is 19.3. The number of ether oxygens (including phenoxy) is 3. The predicted octanol–water partition coefficient (Wildman–Crippen LogP) is 3.02. The summed E-state index contributed by atoms with van der Waals surface area (Å²) in [7, 11) is 1.51. The molecule has 8 heteroatoms. The summed E-state index contributed by atoms with van der Waals surface area (Å²) in [5, 5.41) is 2.36. The molecule has 0 bridgehead atoms. The lowest BCUT2D eigenvalue weighted by atomic mass is 10.1. The number of halogens is 2. The fraction of sp³-hybridized carbons (Fsp3) is 0.222. The minimum Gasteiger partial charge on any atom is -0.497 e. The van der Waals surface area contributed by atoms with Crippen LogP contribution in [0.15, 0.2) is 48.5 Å². The summed E-state index contributed by atoms with van der Waals surface area (Å²) in [5.74, 6) is -0.859. The molecule has 0 heterocycles. The molecule has 0 aliphatic carbocycles. The molecule has 0 aromatic heterocycles. The summed E-state index contributed by atoms with van der Waals surface area (Å²) < 4.78 is 38.9. The number of anilines is 1. The molecule has 1 N–H and O–H groups in total. The van der Waals surface area contributed by atoms with E-state index in [-0.39, 0.29) is 17.9 Å². The molecule has 0 saturated heterocycles. The standard InChI is InChI=1S/C18H17F2NO5/c1-24-13-6-4-5-12(9-13)10-17(23)25-11-16(22)21-14-7-2-3-8-15(14)26-18(19)20/h2-9,18H,10-11H2,1H3,(H,21,22). The van der Waals surface area contributed by atoms with Crippen LogP contribution in [0.25, 0.3) is 0 Å². The van der Waals surface area contributed by atoms with E-state index in [2.05, 4.69) is 10.1 Å². The summed E-state index contributed by atoms with van der Waals surface area (Å²) >= 11 is 0. The highest BCUT2D eigenvalue weighted by molar-refractivity contribution is 5.94. The Morgan fingerprint density at radius 1 is 1.12 bits per heavy atom. The number of methoxy groups -OCH3 is 1. The molecule has 0 unspecified atom stereocenters. The summed E-state index contributed by atoms with van der Waals surface area (Å²) in [4.78, 5) is 23.7. The number of hydrogen-bond acceptors (Lipinski definition) is 5.